The van der Waals surface area contributed by atoms with Crippen molar-refractivity contribution in [1.29, 1.82) is 0 Å². The topological polar surface area (TPSA) is 45.9 Å². The standard InChI is InChI=1S/C70H54N2O3/c1-39-27-40(2)30-45(29-39)71(59-21-13-17-51-47-15-9-11-19-57(47)69(5,6)67(51)59)43-23-25-49-53-35-65-55(37-63(53)73-61(49)33-43)56-38-64-54(36-66(56)75-65)50-26-24-44(34-62(50)74-64)72(46-31-41(3)28-42(4)32-46)60-22-14-18-52-48-16-10-12-20-58(48)70(7,8)68(52)60/h9-38H,1-8H3. The van der Waals surface area contributed by atoms with Crippen molar-refractivity contribution < 1.29 is 13.3 Å². The molecule has 75 heavy (non-hydrogen) atoms. The van der Waals surface area contributed by atoms with E-state index >= 15 is 0 Å². The number of fused-ring (bicyclic) bond motifs is 15. The fourth-order valence-electron chi connectivity index (χ4n) is 13.6. The van der Waals surface area contributed by atoms with Gasteiger partial charge in [-0.15, -0.1) is 0 Å². The zero-order valence-corrected chi connectivity index (χ0v) is 43.4. The second kappa shape index (κ2) is 15.4. The molecule has 13 aromatic rings. The number of rotatable bonds is 6. The highest BCUT2D eigenvalue weighted by molar-refractivity contribution is 6.19. The Balaban J connectivity index is 0.848. The van der Waals surface area contributed by atoms with E-state index in [2.05, 4.69) is 247 Å². The molecule has 0 spiro atoms. The van der Waals surface area contributed by atoms with Gasteiger partial charge in [-0.2, -0.15) is 0 Å². The van der Waals surface area contributed by atoms with E-state index < -0.39 is 0 Å². The van der Waals surface area contributed by atoms with Crippen LogP contribution in [-0.4, -0.2) is 0 Å². The van der Waals surface area contributed by atoms with E-state index in [0.717, 1.165) is 88.6 Å². The van der Waals surface area contributed by atoms with Crippen LogP contribution >= 0.6 is 0 Å². The molecule has 0 N–H and O–H groups in total. The first-order valence-corrected chi connectivity index (χ1v) is 26.2. The van der Waals surface area contributed by atoms with Crippen LogP contribution in [0.2, 0.25) is 0 Å². The fourth-order valence-corrected chi connectivity index (χ4v) is 13.6. The zero-order valence-electron chi connectivity index (χ0n) is 43.4. The predicted molar refractivity (Wildman–Crippen MR) is 312 cm³/mol. The molecular formula is C70H54N2O3. The molecule has 0 unspecified atom stereocenters. The normalized spacial score (nSPS) is 14.1. The van der Waals surface area contributed by atoms with Crippen molar-refractivity contribution in [3.63, 3.8) is 0 Å². The van der Waals surface area contributed by atoms with Gasteiger partial charge in [0.1, 0.15) is 33.5 Å². The summed E-state index contributed by atoms with van der Waals surface area (Å²) in [6.45, 7) is 18.1. The summed E-state index contributed by atoms with van der Waals surface area (Å²) in [5, 5.41) is 6.10. The second-order valence-corrected chi connectivity index (χ2v) is 22.5. The minimum Gasteiger partial charge on any atom is -0.456 e. The highest BCUT2D eigenvalue weighted by Crippen LogP contribution is 2.56. The zero-order chi connectivity index (χ0) is 50.8. The molecule has 2 aliphatic carbocycles. The van der Waals surface area contributed by atoms with Crippen LogP contribution in [-0.2, 0) is 10.8 Å². The molecule has 5 nitrogen and oxygen atoms in total. The third-order valence-electron chi connectivity index (χ3n) is 16.7. The van der Waals surface area contributed by atoms with Crippen molar-refractivity contribution in [2.24, 2.45) is 0 Å². The monoisotopic (exact) mass is 970 g/mol. The Morgan fingerprint density at radius 3 is 1.01 bits per heavy atom. The van der Waals surface area contributed by atoms with Crippen molar-refractivity contribution >= 4 is 99.9 Å². The van der Waals surface area contributed by atoms with Gasteiger partial charge in [-0.05, 0) is 179 Å². The molecule has 15 rings (SSSR count). The van der Waals surface area contributed by atoms with Crippen LogP contribution in [0.15, 0.2) is 195 Å². The van der Waals surface area contributed by atoms with Gasteiger partial charge in [0.05, 0.1) is 11.4 Å². The summed E-state index contributed by atoms with van der Waals surface area (Å²) in [6.07, 6.45) is 0. The largest absolute Gasteiger partial charge is 0.456 e. The van der Waals surface area contributed by atoms with Gasteiger partial charge in [0.2, 0.25) is 0 Å². The molecule has 3 aromatic heterocycles. The van der Waals surface area contributed by atoms with E-state index in [1.807, 2.05) is 0 Å². The third kappa shape index (κ3) is 6.31. The lowest BCUT2D eigenvalue weighted by molar-refractivity contribution is 0.660. The maximum absolute atomic E-state index is 6.89. The summed E-state index contributed by atoms with van der Waals surface area (Å²) in [5.41, 5.74) is 26.5. The maximum Gasteiger partial charge on any atom is 0.137 e. The molecule has 362 valence electrons. The number of aryl methyl sites for hydroxylation is 4. The van der Waals surface area contributed by atoms with E-state index in [-0.39, 0.29) is 10.8 Å². The van der Waals surface area contributed by atoms with Gasteiger partial charge in [-0.3, -0.25) is 0 Å². The molecule has 5 heteroatoms. The molecule has 2 aliphatic rings. The molecule has 0 amide bonds. The number of hydrogen-bond donors (Lipinski definition) is 0. The van der Waals surface area contributed by atoms with Gasteiger partial charge in [-0.25, -0.2) is 0 Å². The van der Waals surface area contributed by atoms with Crippen LogP contribution in [0.3, 0.4) is 0 Å². The van der Waals surface area contributed by atoms with Gasteiger partial charge in [-0.1, -0.05) is 113 Å². The lowest BCUT2D eigenvalue weighted by atomic mass is 9.81. The number of hydrogen-bond acceptors (Lipinski definition) is 5. The summed E-state index contributed by atoms with van der Waals surface area (Å²) in [5.74, 6) is 0. The van der Waals surface area contributed by atoms with Gasteiger partial charge in [0, 0.05) is 78.0 Å². The van der Waals surface area contributed by atoms with Crippen LogP contribution in [0.4, 0.5) is 34.1 Å². The molecular weight excluding hydrogens is 917 g/mol. The van der Waals surface area contributed by atoms with Crippen LogP contribution in [0.25, 0.3) is 88.1 Å². The van der Waals surface area contributed by atoms with Gasteiger partial charge in [0.15, 0.2) is 0 Å². The number of benzene rings is 10. The van der Waals surface area contributed by atoms with E-state index in [1.54, 1.807) is 0 Å². The van der Waals surface area contributed by atoms with E-state index in [1.165, 1.54) is 78.1 Å². The molecule has 0 bridgehead atoms. The number of nitrogens with zero attached hydrogens (tertiary/aromatic N) is 2. The van der Waals surface area contributed by atoms with Gasteiger partial charge in [0.25, 0.3) is 0 Å². The second-order valence-electron chi connectivity index (χ2n) is 22.5. The minimum absolute atomic E-state index is 0.201. The summed E-state index contributed by atoms with van der Waals surface area (Å²) in [6, 6.07) is 66.8. The van der Waals surface area contributed by atoms with Crippen molar-refractivity contribution in [3.05, 3.63) is 226 Å². The quantitative estimate of drug-likeness (QED) is 0.166. The summed E-state index contributed by atoms with van der Waals surface area (Å²) in [4.78, 5) is 4.85. The van der Waals surface area contributed by atoms with Crippen LogP contribution in [0, 0.1) is 27.7 Å². The summed E-state index contributed by atoms with van der Waals surface area (Å²) in [7, 11) is 0. The molecule has 0 saturated heterocycles. The van der Waals surface area contributed by atoms with E-state index in [0.29, 0.717) is 0 Å². The Morgan fingerprint density at radius 2 is 0.627 bits per heavy atom. The molecule has 3 heterocycles. The molecule has 0 saturated carbocycles. The lowest BCUT2D eigenvalue weighted by Crippen LogP contribution is -2.20. The fraction of sp³-hybridized carbons (Fsp3) is 0.143. The number of furan rings is 3. The lowest BCUT2D eigenvalue weighted by Gasteiger charge is -2.32. The SMILES string of the molecule is Cc1cc(C)cc(N(c2ccc3c(c2)oc2cc4c(cc23)oc2cc3c(cc24)oc2cc(N(c4cc(C)cc(C)c4)c4cccc5c4C(C)(C)c4ccccc4-5)ccc23)c2cccc3c2C(C)(C)c2ccccc2-3)c1. The first-order valence-electron chi connectivity index (χ1n) is 26.2. The predicted octanol–water partition coefficient (Wildman–Crippen LogP) is 20.2. The Bertz CT molecular complexity index is 4280. The first kappa shape index (κ1) is 43.8. The van der Waals surface area contributed by atoms with Crippen molar-refractivity contribution in [1.82, 2.24) is 0 Å². The van der Waals surface area contributed by atoms with Crippen LogP contribution in [0.5, 0.6) is 0 Å². The molecule has 0 aliphatic heterocycles. The summed E-state index contributed by atoms with van der Waals surface area (Å²) >= 11 is 0. The molecule has 0 fully saturated rings. The third-order valence-corrected chi connectivity index (χ3v) is 16.7. The minimum atomic E-state index is -0.201. The molecule has 0 atom stereocenters. The highest BCUT2D eigenvalue weighted by atomic mass is 16.3. The molecule has 10 aromatic carbocycles. The average molecular weight is 971 g/mol. The van der Waals surface area contributed by atoms with E-state index in [4.69, 9.17) is 13.3 Å². The van der Waals surface area contributed by atoms with Gasteiger partial charge >= 0.3 is 0 Å². The summed E-state index contributed by atoms with van der Waals surface area (Å²) < 4.78 is 20.6. The Kier molecular flexibility index (Phi) is 8.97. The smallest absolute Gasteiger partial charge is 0.137 e. The van der Waals surface area contributed by atoms with Crippen molar-refractivity contribution in [2.75, 3.05) is 9.80 Å². The number of anilines is 6. The Hall–Kier alpha value is -8.80. The van der Waals surface area contributed by atoms with Gasteiger partial charge < -0.3 is 23.1 Å². The van der Waals surface area contributed by atoms with Crippen LogP contribution in [0.1, 0.15) is 72.2 Å². The molecule has 0 radical (unpaired) electrons. The Labute approximate surface area is 435 Å². The first-order chi connectivity index (χ1) is 36.3. The van der Waals surface area contributed by atoms with Crippen molar-refractivity contribution in [3.8, 4) is 22.3 Å². The Morgan fingerprint density at radius 1 is 0.293 bits per heavy atom. The van der Waals surface area contributed by atoms with E-state index in [9.17, 15) is 0 Å². The van der Waals surface area contributed by atoms with Crippen LogP contribution < -0.4 is 9.80 Å². The van der Waals surface area contributed by atoms with Crippen molar-refractivity contribution in [2.45, 2.75) is 66.2 Å². The maximum atomic E-state index is 6.89. The average Bonchev–Trinajstić information content (AvgIpc) is 4.26. The highest BCUT2D eigenvalue weighted by Gasteiger charge is 2.40.